The molecule has 1 aromatic heterocycles. The first-order valence-electron chi connectivity index (χ1n) is 11.1. The van der Waals surface area contributed by atoms with E-state index in [4.69, 9.17) is 9.73 Å². The summed E-state index contributed by atoms with van der Waals surface area (Å²) < 4.78 is 6.14. The van der Waals surface area contributed by atoms with E-state index in [0.717, 1.165) is 70.4 Å². The molecular weight excluding hydrogens is 521 g/mol. The quantitative estimate of drug-likeness (QED) is 0.245. The Morgan fingerprint density at radius 1 is 1.29 bits per heavy atom. The Morgan fingerprint density at radius 2 is 2.13 bits per heavy atom. The van der Waals surface area contributed by atoms with Crippen LogP contribution in [-0.4, -0.2) is 72.2 Å². The fourth-order valence-corrected chi connectivity index (χ4v) is 5.12. The molecule has 0 spiro atoms. The van der Waals surface area contributed by atoms with Crippen LogP contribution in [0.15, 0.2) is 40.7 Å². The molecule has 4 rings (SSSR count). The number of hydrogen-bond acceptors (Lipinski definition) is 5. The molecular formula is C23H34IN5OS. The maximum Gasteiger partial charge on any atom is 0.194 e. The molecule has 8 heteroatoms. The number of hydrogen-bond donors (Lipinski definition) is 1. The molecule has 0 aliphatic carbocycles. The van der Waals surface area contributed by atoms with E-state index in [1.54, 1.807) is 11.3 Å². The van der Waals surface area contributed by atoms with E-state index in [0.29, 0.717) is 6.04 Å². The molecule has 31 heavy (non-hydrogen) atoms. The first-order chi connectivity index (χ1) is 14.7. The minimum absolute atomic E-state index is 0. The van der Waals surface area contributed by atoms with Gasteiger partial charge in [0.2, 0.25) is 0 Å². The van der Waals surface area contributed by atoms with Crippen molar-refractivity contribution in [1.82, 2.24) is 20.1 Å². The zero-order valence-electron chi connectivity index (χ0n) is 18.5. The van der Waals surface area contributed by atoms with Gasteiger partial charge >= 0.3 is 0 Å². The topological polar surface area (TPSA) is 53.0 Å². The summed E-state index contributed by atoms with van der Waals surface area (Å²) in [6.45, 7) is 10.6. The van der Waals surface area contributed by atoms with E-state index in [1.807, 2.05) is 0 Å². The summed E-state index contributed by atoms with van der Waals surface area (Å²) in [4.78, 5) is 14.4. The maximum atomic E-state index is 6.14. The third kappa shape index (κ3) is 6.63. The van der Waals surface area contributed by atoms with Gasteiger partial charge in [0.1, 0.15) is 0 Å². The molecule has 2 aromatic rings. The number of halogens is 1. The number of rotatable bonds is 7. The number of nitrogens with one attached hydrogen (secondary N) is 1. The van der Waals surface area contributed by atoms with Crippen LogP contribution in [0.4, 0.5) is 0 Å². The molecule has 2 saturated heterocycles. The van der Waals surface area contributed by atoms with Gasteiger partial charge in [-0.15, -0.1) is 35.3 Å². The van der Waals surface area contributed by atoms with Crippen LogP contribution in [0.25, 0.3) is 0 Å². The first-order valence-corrected chi connectivity index (χ1v) is 11.9. The zero-order chi connectivity index (χ0) is 20.8. The molecule has 2 unspecified atom stereocenters. The zero-order valence-corrected chi connectivity index (χ0v) is 21.6. The van der Waals surface area contributed by atoms with Gasteiger partial charge in [-0.3, -0.25) is 9.89 Å². The summed E-state index contributed by atoms with van der Waals surface area (Å²) in [5, 5.41) is 6.82. The van der Waals surface area contributed by atoms with Crippen LogP contribution in [0.1, 0.15) is 29.6 Å². The molecule has 1 aromatic carbocycles. The number of nitrogens with zero attached hydrogens (tertiary/aromatic N) is 4. The van der Waals surface area contributed by atoms with Crippen LogP contribution >= 0.6 is 35.3 Å². The normalized spacial score (nSPS) is 21.6. The number of ether oxygens (including phenoxy) is 1. The van der Waals surface area contributed by atoms with Crippen molar-refractivity contribution in [2.45, 2.75) is 45.4 Å². The predicted octanol–water partition coefficient (Wildman–Crippen LogP) is 3.55. The van der Waals surface area contributed by atoms with Crippen molar-refractivity contribution in [2.75, 3.05) is 39.3 Å². The van der Waals surface area contributed by atoms with E-state index in [-0.39, 0.29) is 30.1 Å². The number of thiazole rings is 1. The Labute approximate surface area is 207 Å². The molecule has 0 bridgehead atoms. The highest BCUT2D eigenvalue weighted by Gasteiger charge is 2.41. The largest absolute Gasteiger partial charge is 0.373 e. The summed E-state index contributed by atoms with van der Waals surface area (Å²) >= 11 is 1.75. The third-order valence-electron chi connectivity index (χ3n) is 5.76. The van der Waals surface area contributed by atoms with Crippen LogP contribution in [0.5, 0.6) is 0 Å². The Morgan fingerprint density at radius 3 is 2.87 bits per heavy atom. The molecule has 1 N–H and O–H groups in total. The first kappa shape index (κ1) is 24.4. The monoisotopic (exact) mass is 555 g/mol. The molecule has 2 fully saturated rings. The van der Waals surface area contributed by atoms with Gasteiger partial charge in [0, 0.05) is 56.8 Å². The Hall–Kier alpha value is -1.23. The summed E-state index contributed by atoms with van der Waals surface area (Å²) in [6, 6.07) is 11.2. The van der Waals surface area contributed by atoms with Crippen molar-refractivity contribution in [1.29, 1.82) is 0 Å². The number of aryl methyl sites for hydroxylation is 2. The van der Waals surface area contributed by atoms with Gasteiger partial charge in [-0.2, -0.15) is 0 Å². The third-order valence-corrected chi connectivity index (χ3v) is 6.78. The van der Waals surface area contributed by atoms with E-state index < -0.39 is 0 Å². The maximum absolute atomic E-state index is 6.14. The lowest BCUT2D eigenvalue weighted by Crippen LogP contribution is -2.50. The van der Waals surface area contributed by atoms with Crippen molar-refractivity contribution in [3.63, 3.8) is 0 Å². The van der Waals surface area contributed by atoms with Gasteiger partial charge < -0.3 is 15.0 Å². The average molecular weight is 556 g/mol. The number of benzene rings is 1. The Bertz CT molecular complexity index is 830. The molecule has 6 nitrogen and oxygen atoms in total. The van der Waals surface area contributed by atoms with Crippen molar-refractivity contribution in [2.24, 2.45) is 4.99 Å². The molecule has 0 amide bonds. The minimum atomic E-state index is 0. The molecule has 2 atom stereocenters. The van der Waals surface area contributed by atoms with E-state index in [2.05, 4.69) is 69.7 Å². The van der Waals surface area contributed by atoms with Crippen molar-refractivity contribution in [3.8, 4) is 0 Å². The number of guanidine groups is 1. The van der Waals surface area contributed by atoms with Crippen LogP contribution in [0.2, 0.25) is 0 Å². The second-order valence-electron chi connectivity index (χ2n) is 8.06. The number of morpholine rings is 1. The lowest BCUT2D eigenvalue weighted by atomic mass is 10.1. The summed E-state index contributed by atoms with van der Waals surface area (Å²) in [6.07, 6.45) is 2.28. The molecule has 0 saturated carbocycles. The number of aromatic nitrogens is 1. The fraction of sp³-hybridized carbons (Fsp3) is 0.565. The predicted molar refractivity (Wildman–Crippen MR) is 139 cm³/mol. The Balaban J connectivity index is 0.00000272. The van der Waals surface area contributed by atoms with Gasteiger partial charge in [0.25, 0.3) is 0 Å². The lowest BCUT2D eigenvalue weighted by molar-refractivity contribution is -0.0502. The molecule has 2 aliphatic heterocycles. The highest BCUT2D eigenvalue weighted by molar-refractivity contribution is 14.0. The van der Waals surface area contributed by atoms with Crippen LogP contribution in [0, 0.1) is 6.92 Å². The molecule has 170 valence electrons. The van der Waals surface area contributed by atoms with Gasteiger partial charge in [0.05, 0.1) is 23.8 Å². The summed E-state index contributed by atoms with van der Waals surface area (Å²) in [7, 11) is 0. The van der Waals surface area contributed by atoms with Gasteiger partial charge in [-0.05, 0) is 25.8 Å². The second-order valence-corrected chi connectivity index (χ2v) is 9.00. The van der Waals surface area contributed by atoms with E-state index in [9.17, 15) is 0 Å². The molecule has 3 heterocycles. The van der Waals surface area contributed by atoms with Crippen LogP contribution < -0.4 is 5.32 Å². The number of likely N-dealkylation sites (tertiary alicyclic amines) is 1. The average Bonchev–Trinajstić information content (AvgIpc) is 3.38. The highest BCUT2D eigenvalue weighted by Crippen LogP contribution is 2.24. The number of fused-ring (bicyclic) bond motifs is 1. The van der Waals surface area contributed by atoms with Crippen molar-refractivity contribution in [3.05, 3.63) is 52.0 Å². The Kier molecular flexibility index (Phi) is 9.55. The van der Waals surface area contributed by atoms with Crippen LogP contribution in [0.3, 0.4) is 0 Å². The van der Waals surface area contributed by atoms with Crippen molar-refractivity contribution < 1.29 is 4.74 Å². The highest BCUT2D eigenvalue weighted by atomic mass is 127. The van der Waals surface area contributed by atoms with Gasteiger partial charge in [-0.1, -0.05) is 30.3 Å². The standard InChI is InChI=1S/C23H33N5OS.HI/c1-3-24-23(25-11-7-10-22-26-18(2)17-30-22)28-15-20-21(16-28)29-13-12-27(20)14-19-8-5-4-6-9-19;/h4-6,8-9,17,20-21H,3,7,10-16H2,1-2H3,(H,24,25);1H. The summed E-state index contributed by atoms with van der Waals surface area (Å²) in [5.74, 6) is 1.02. The number of aliphatic imine (C=N–C) groups is 1. The second kappa shape index (κ2) is 12.1. The lowest BCUT2D eigenvalue weighted by Gasteiger charge is -2.36. The van der Waals surface area contributed by atoms with E-state index in [1.165, 1.54) is 10.6 Å². The summed E-state index contributed by atoms with van der Waals surface area (Å²) in [5.41, 5.74) is 2.49. The van der Waals surface area contributed by atoms with Gasteiger partial charge in [0.15, 0.2) is 5.96 Å². The van der Waals surface area contributed by atoms with Crippen LogP contribution in [-0.2, 0) is 17.7 Å². The smallest absolute Gasteiger partial charge is 0.194 e. The van der Waals surface area contributed by atoms with E-state index >= 15 is 0 Å². The minimum Gasteiger partial charge on any atom is -0.373 e. The van der Waals surface area contributed by atoms with Crippen molar-refractivity contribution >= 4 is 41.3 Å². The molecule has 0 radical (unpaired) electrons. The SMILES string of the molecule is CCNC(=NCCCc1nc(C)cs1)N1CC2OCCN(Cc3ccccc3)C2C1.I. The molecule has 2 aliphatic rings. The van der Waals surface area contributed by atoms with Gasteiger partial charge in [-0.25, -0.2) is 4.98 Å². The fourth-order valence-electron chi connectivity index (χ4n) is 4.30.